The van der Waals surface area contributed by atoms with E-state index in [1.807, 2.05) is 0 Å². The largest absolute Gasteiger partial charge is 0.381 e. The summed E-state index contributed by atoms with van der Waals surface area (Å²) in [6.07, 6.45) is 2.77. The standard InChI is InChI=1S/C6H14OSi/c1-4-5-7-6-8(2)3/h4,8H,1,5-6H2,2-3H3. The highest BCUT2D eigenvalue weighted by Gasteiger charge is 1.91. The van der Waals surface area contributed by atoms with Gasteiger partial charge in [0.05, 0.1) is 15.4 Å². The Morgan fingerprint density at radius 2 is 2.25 bits per heavy atom. The van der Waals surface area contributed by atoms with Crippen molar-refractivity contribution in [2.75, 3.05) is 12.8 Å². The van der Waals surface area contributed by atoms with E-state index < -0.39 is 8.80 Å². The molecule has 0 aromatic carbocycles. The molecular formula is C6H14OSi. The highest BCUT2D eigenvalue weighted by molar-refractivity contribution is 6.55. The van der Waals surface area contributed by atoms with E-state index in [4.69, 9.17) is 4.74 Å². The van der Waals surface area contributed by atoms with Gasteiger partial charge in [0.2, 0.25) is 0 Å². The van der Waals surface area contributed by atoms with Crippen LogP contribution in [0.3, 0.4) is 0 Å². The molecule has 0 heterocycles. The molecule has 0 fully saturated rings. The number of ether oxygens (including phenoxy) is 1. The number of hydrogen-bond donors (Lipinski definition) is 0. The van der Waals surface area contributed by atoms with Crippen LogP contribution in [0.1, 0.15) is 0 Å². The maximum absolute atomic E-state index is 5.19. The van der Waals surface area contributed by atoms with E-state index in [0.29, 0.717) is 6.61 Å². The van der Waals surface area contributed by atoms with Gasteiger partial charge in [-0.15, -0.1) is 6.58 Å². The van der Waals surface area contributed by atoms with Crippen LogP contribution in [0.5, 0.6) is 0 Å². The maximum Gasteiger partial charge on any atom is 0.0640 e. The Bertz CT molecular complexity index is 61.5. The van der Waals surface area contributed by atoms with Crippen LogP contribution in [0.25, 0.3) is 0 Å². The topological polar surface area (TPSA) is 9.23 Å². The van der Waals surface area contributed by atoms with Gasteiger partial charge < -0.3 is 4.74 Å². The minimum Gasteiger partial charge on any atom is -0.381 e. The zero-order valence-corrected chi connectivity index (χ0v) is 6.84. The molecule has 0 aliphatic rings. The monoisotopic (exact) mass is 130 g/mol. The predicted octanol–water partition coefficient (Wildman–Crippen LogP) is 1.21. The molecule has 0 aliphatic heterocycles. The summed E-state index contributed by atoms with van der Waals surface area (Å²) in [6, 6.07) is 0. The summed E-state index contributed by atoms with van der Waals surface area (Å²) >= 11 is 0. The van der Waals surface area contributed by atoms with Crippen LogP contribution in [-0.4, -0.2) is 21.6 Å². The van der Waals surface area contributed by atoms with Crippen molar-refractivity contribution in [1.82, 2.24) is 0 Å². The maximum atomic E-state index is 5.19. The molecule has 0 aromatic heterocycles. The van der Waals surface area contributed by atoms with E-state index in [1.165, 1.54) is 0 Å². The second kappa shape index (κ2) is 5.06. The molecule has 0 saturated heterocycles. The normalized spacial score (nSPS) is 9.88. The molecule has 1 nitrogen and oxygen atoms in total. The van der Waals surface area contributed by atoms with Gasteiger partial charge in [-0.3, -0.25) is 0 Å². The molecule has 0 radical (unpaired) electrons. The van der Waals surface area contributed by atoms with Gasteiger partial charge in [-0.1, -0.05) is 19.2 Å². The third-order valence-electron chi connectivity index (χ3n) is 0.687. The highest BCUT2D eigenvalue weighted by atomic mass is 28.3. The molecule has 0 bridgehead atoms. The molecule has 2 heteroatoms. The van der Waals surface area contributed by atoms with Gasteiger partial charge >= 0.3 is 0 Å². The van der Waals surface area contributed by atoms with Gasteiger partial charge in [0.15, 0.2) is 0 Å². The van der Waals surface area contributed by atoms with Crippen LogP contribution in [-0.2, 0) is 4.74 Å². The van der Waals surface area contributed by atoms with Crippen LogP contribution in [0, 0.1) is 0 Å². The molecule has 0 amide bonds. The van der Waals surface area contributed by atoms with Gasteiger partial charge in [-0.05, 0) is 0 Å². The van der Waals surface area contributed by atoms with E-state index in [-0.39, 0.29) is 0 Å². The Labute approximate surface area is 53.0 Å². The third kappa shape index (κ3) is 5.92. The lowest BCUT2D eigenvalue weighted by molar-refractivity contribution is 0.208. The van der Waals surface area contributed by atoms with E-state index in [0.717, 1.165) is 6.23 Å². The van der Waals surface area contributed by atoms with Crippen molar-refractivity contribution in [2.45, 2.75) is 13.1 Å². The Morgan fingerprint density at radius 1 is 1.62 bits per heavy atom. The Balaban J connectivity index is 2.81. The van der Waals surface area contributed by atoms with Crippen molar-refractivity contribution in [1.29, 1.82) is 0 Å². The van der Waals surface area contributed by atoms with E-state index in [2.05, 4.69) is 19.7 Å². The first kappa shape index (κ1) is 7.92. The molecule has 0 N–H and O–H groups in total. The molecule has 0 spiro atoms. The summed E-state index contributed by atoms with van der Waals surface area (Å²) in [5.74, 6) is 0. The van der Waals surface area contributed by atoms with Crippen molar-refractivity contribution in [2.24, 2.45) is 0 Å². The minimum absolute atomic E-state index is 0.472. The fourth-order valence-corrected chi connectivity index (χ4v) is 0.995. The zero-order valence-electron chi connectivity index (χ0n) is 5.68. The summed E-state index contributed by atoms with van der Waals surface area (Å²) in [7, 11) is -0.472. The molecule has 0 atom stereocenters. The lowest BCUT2D eigenvalue weighted by atomic mass is 10.7. The lowest BCUT2D eigenvalue weighted by Crippen LogP contribution is -2.11. The fraction of sp³-hybridized carbons (Fsp3) is 0.667. The molecule has 48 valence electrons. The third-order valence-corrected chi connectivity index (χ3v) is 1.59. The molecule has 0 saturated carbocycles. The number of rotatable bonds is 4. The summed E-state index contributed by atoms with van der Waals surface area (Å²) in [5.41, 5.74) is 0. The lowest BCUT2D eigenvalue weighted by Gasteiger charge is -2.00. The molecule has 8 heavy (non-hydrogen) atoms. The first-order valence-corrected chi connectivity index (χ1v) is 6.08. The summed E-state index contributed by atoms with van der Waals surface area (Å²) < 4.78 is 5.19. The van der Waals surface area contributed by atoms with Gasteiger partial charge in [0.1, 0.15) is 0 Å². The van der Waals surface area contributed by atoms with Crippen LogP contribution >= 0.6 is 0 Å². The van der Waals surface area contributed by atoms with Gasteiger partial charge in [0, 0.05) is 6.23 Å². The Morgan fingerprint density at radius 3 is 2.62 bits per heavy atom. The molecule has 0 rings (SSSR count). The molecule has 0 unspecified atom stereocenters. The van der Waals surface area contributed by atoms with Gasteiger partial charge in [-0.25, -0.2) is 0 Å². The Kier molecular flexibility index (Phi) is 5.01. The Hall–Kier alpha value is -0.0831. The minimum atomic E-state index is -0.472. The average Bonchev–Trinajstić information content (AvgIpc) is 1.66. The van der Waals surface area contributed by atoms with E-state index in [9.17, 15) is 0 Å². The molecular weight excluding hydrogens is 116 g/mol. The quantitative estimate of drug-likeness (QED) is 0.316. The second-order valence-electron chi connectivity index (χ2n) is 2.22. The zero-order chi connectivity index (χ0) is 6.41. The molecule has 0 aliphatic carbocycles. The van der Waals surface area contributed by atoms with Gasteiger partial charge in [-0.2, -0.15) is 0 Å². The smallest absolute Gasteiger partial charge is 0.0640 e. The van der Waals surface area contributed by atoms with E-state index >= 15 is 0 Å². The van der Waals surface area contributed by atoms with Crippen LogP contribution in [0.15, 0.2) is 12.7 Å². The highest BCUT2D eigenvalue weighted by Crippen LogP contribution is 1.81. The summed E-state index contributed by atoms with van der Waals surface area (Å²) in [4.78, 5) is 0. The number of hydrogen-bond acceptors (Lipinski definition) is 1. The van der Waals surface area contributed by atoms with Crippen LogP contribution < -0.4 is 0 Å². The predicted molar refractivity (Wildman–Crippen MR) is 39.9 cm³/mol. The van der Waals surface area contributed by atoms with Crippen LogP contribution in [0.2, 0.25) is 13.1 Å². The molecule has 0 aromatic rings. The first-order chi connectivity index (χ1) is 3.77. The van der Waals surface area contributed by atoms with Crippen molar-refractivity contribution in [3.05, 3.63) is 12.7 Å². The summed E-state index contributed by atoms with van der Waals surface area (Å²) in [5, 5.41) is 0. The average molecular weight is 130 g/mol. The first-order valence-electron chi connectivity index (χ1n) is 2.96. The van der Waals surface area contributed by atoms with Crippen molar-refractivity contribution >= 4 is 8.80 Å². The van der Waals surface area contributed by atoms with Gasteiger partial charge in [0.25, 0.3) is 0 Å². The van der Waals surface area contributed by atoms with Crippen molar-refractivity contribution < 1.29 is 4.74 Å². The van der Waals surface area contributed by atoms with Crippen molar-refractivity contribution in [3.8, 4) is 0 Å². The van der Waals surface area contributed by atoms with Crippen LogP contribution in [0.4, 0.5) is 0 Å². The SMILES string of the molecule is C=CCOC[SiH](C)C. The summed E-state index contributed by atoms with van der Waals surface area (Å²) in [6.45, 7) is 8.80. The second-order valence-corrected chi connectivity index (χ2v) is 5.34. The van der Waals surface area contributed by atoms with Crippen molar-refractivity contribution in [3.63, 3.8) is 0 Å². The van der Waals surface area contributed by atoms with E-state index in [1.54, 1.807) is 6.08 Å². The fourth-order valence-electron chi connectivity index (χ4n) is 0.387.